The van der Waals surface area contributed by atoms with E-state index >= 15 is 0 Å². The maximum Gasteiger partial charge on any atom is 0.267 e. The molecule has 0 radical (unpaired) electrons. The van der Waals surface area contributed by atoms with E-state index in [1.54, 1.807) is 30.3 Å². The van der Waals surface area contributed by atoms with Gasteiger partial charge in [-0.2, -0.15) is 10.4 Å². The summed E-state index contributed by atoms with van der Waals surface area (Å²) in [5.41, 5.74) is 1.09. The molecule has 0 saturated carbocycles. The quantitative estimate of drug-likeness (QED) is 0.651. The number of nitrogens with zero attached hydrogens (tertiary/aromatic N) is 3. The van der Waals surface area contributed by atoms with E-state index in [0.717, 1.165) is 4.68 Å². The van der Waals surface area contributed by atoms with Crippen LogP contribution in [0.4, 0.5) is 5.69 Å². The first-order chi connectivity index (χ1) is 14.4. The molecule has 0 spiro atoms. The maximum atomic E-state index is 12.5. The van der Waals surface area contributed by atoms with Gasteiger partial charge >= 0.3 is 0 Å². The Bertz CT molecular complexity index is 1200. The summed E-state index contributed by atoms with van der Waals surface area (Å²) in [6, 6.07) is 14.5. The molecular formula is C21H17ClN4O4. The van der Waals surface area contributed by atoms with Crippen LogP contribution in [0, 0.1) is 11.3 Å². The second-order valence-corrected chi connectivity index (χ2v) is 6.57. The third-order valence-electron chi connectivity index (χ3n) is 4.22. The largest absolute Gasteiger partial charge is 0.497 e. The van der Waals surface area contributed by atoms with E-state index in [4.69, 9.17) is 21.1 Å². The van der Waals surface area contributed by atoms with E-state index in [2.05, 4.69) is 10.4 Å². The van der Waals surface area contributed by atoms with Crippen LogP contribution in [0.3, 0.4) is 0 Å². The highest BCUT2D eigenvalue weighted by Gasteiger charge is 2.14. The van der Waals surface area contributed by atoms with Crippen LogP contribution in [-0.4, -0.2) is 29.9 Å². The van der Waals surface area contributed by atoms with Crippen molar-refractivity contribution in [3.8, 4) is 28.8 Å². The lowest BCUT2D eigenvalue weighted by Crippen LogP contribution is -2.29. The third kappa shape index (κ3) is 4.59. The summed E-state index contributed by atoms with van der Waals surface area (Å²) in [5.74, 6) is 0.599. The number of amides is 1. The fourth-order valence-corrected chi connectivity index (χ4v) is 2.94. The minimum absolute atomic E-state index is 0.253. The molecule has 0 aliphatic carbocycles. The first kappa shape index (κ1) is 20.9. The predicted octanol–water partition coefficient (Wildman–Crippen LogP) is 3.09. The molecule has 152 valence electrons. The van der Waals surface area contributed by atoms with Crippen molar-refractivity contribution in [1.82, 2.24) is 9.78 Å². The van der Waals surface area contributed by atoms with Crippen LogP contribution in [0.2, 0.25) is 5.02 Å². The summed E-state index contributed by atoms with van der Waals surface area (Å²) in [6.45, 7) is -0.351. The summed E-state index contributed by atoms with van der Waals surface area (Å²) in [4.78, 5) is 24.7. The number of rotatable bonds is 6. The minimum Gasteiger partial charge on any atom is -0.497 e. The van der Waals surface area contributed by atoms with Gasteiger partial charge in [0, 0.05) is 16.7 Å². The Labute approximate surface area is 177 Å². The van der Waals surface area contributed by atoms with Crippen LogP contribution in [0.5, 0.6) is 11.5 Å². The van der Waals surface area contributed by atoms with Gasteiger partial charge in [-0.3, -0.25) is 9.59 Å². The topological polar surface area (TPSA) is 106 Å². The average molecular weight is 425 g/mol. The highest BCUT2D eigenvalue weighted by atomic mass is 35.5. The van der Waals surface area contributed by atoms with Crippen molar-refractivity contribution in [2.24, 2.45) is 0 Å². The second-order valence-electron chi connectivity index (χ2n) is 6.13. The summed E-state index contributed by atoms with van der Waals surface area (Å²) in [7, 11) is 3.06. The van der Waals surface area contributed by atoms with Crippen LogP contribution in [-0.2, 0) is 11.3 Å². The number of anilines is 1. The molecule has 30 heavy (non-hydrogen) atoms. The molecule has 0 unspecified atom stereocenters. The molecule has 1 aromatic heterocycles. The molecule has 2 aromatic carbocycles. The molecule has 3 aromatic rings. The van der Waals surface area contributed by atoms with Crippen molar-refractivity contribution in [1.29, 1.82) is 5.26 Å². The van der Waals surface area contributed by atoms with Crippen molar-refractivity contribution in [2.75, 3.05) is 19.5 Å². The number of carbonyl (C=O) groups excluding carboxylic acids is 1. The number of nitrogens with one attached hydrogen (secondary N) is 1. The smallest absolute Gasteiger partial charge is 0.267 e. The number of aromatic nitrogens is 2. The number of benzene rings is 2. The lowest BCUT2D eigenvalue weighted by Gasteiger charge is -2.12. The Hall–Kier alpha value is -3.83. The first-order valence-corrected chi connectivity index (χ1v) is 9.13. The molecule has 1 N–H and O–H groups in total. The Morgan fingerprint density at radius 2 is 1.97 bits per heavy atom. The Morgan fingerprint density at radius 3 is 2.67 bits per heavy atom. The van der Waals surface area contributed by atoms with E-state index in [0.29, 0.717) is 27.8 Å². The van der Waals surface area contributed by atoms with Crippen molar-refractivity contribution in [3.63, 3.8) is 0 Å². The Kier molecular flexibility index (Phi) is 6.35. The van der Waals surface area contributed by atoms with Crippen LogP contribution in [0.15, 0.2) is 53.3 Å². The van der Waals surface area contributed by atoms with Gasteiger partial charge in [-0.1, -0.05) is 11.6 Å². The SMILES string of the molecule is COc1ccc(OC)c(-c2ccc(=O)n(CC(=O)Nc3cc(Cl)ccc3C#N)n2)c1. The molecule has 0 fully saturated rings. The van der Waals surface area contributed by atoms with Gasteiger partial charge in [-0.15, -0.1) is 0 Å². The number of halogens is 1. The van der Waals surface area contributed by atoms with E-state index in [-0.39, 0.29) is 17.8 Å². The van der Waals surface area contributed by atoms with Gasteiger partial charge in [0.2, 0.25) is 5.91 Å². The fraction of sp³-hybridized carbons (Fsp3) is 0.143. The lowest BCUT2D eigenvalue weighted by molar-refractivity contribution is -0.117. The minimum atomic E-state index is -0.530. The summed E-state index contributed by atoms with van der Waals surface area (Å²) in [5, 5.41) is 16.4. The zero-order valence-corrected chi connectivity index (χ0v) is 16.9. The summed E-state index contributed by atoms with van der Waals surface area (Å²) < 4.78 is 11.6. The molecule has 9 heteroatoms. The molecule has 0 aliphatic heterocycles. The fourth-order valence-electron chi connectivity index (χ4n) is 2.76. The van der Waals surface area contributed by atoms with E-state index in [1.807, 2.05) is 6.07 Å². The normalized spacial score (nSPS) is 10.2. The molecule has 8 nitrogen and oxygen atoms in total. The van der Waals surface area contributed by atoms with Gasteiger partial charge in [0.05, 0.1) is 31.2 Å². The number of hydrogen-bond donors (Lipinski definition) is 1. The molecule has 0 saturated heterocycles. The number of hydrogen-bond acceptors (Lipinski definition) is 6. The van der Waals surface area contributed by atoms with Crippen LogP contribution >= 0.6 is 11.6 Å². The van der Waals surface area contributed by atoms with Crippen molar-refractivity contribution in [2.45, 2.75) is 6.54 Å². The molecule has 1 amide bonds. The molecular weight excluding hydrogens is 408 g/mol. The zero-order chi connectivity index (χ0) is 21.7. The zero-order valence-electron chi connectivity index (χ0n) is 16.2. The highest BCUT2D eigenvalue weighted by Crippen LogP contribution is 2.31. The average Bonchev–Trinajstić information content (AvgIpc) is 2.75. The first-order valence-electron chi connectivity index (χ1n) is 8.75. The van der Waals surface area contributed by atoms with Gasteiger partial charge in [-0.25, -0.2) is 4.68 Å². The summed E-state index contributed by atoms with van der Waals surface area (Å²) >= 11 is 5.93. The van der Waals surface area contributed by atoms with Crippen molar-refractivity contribution < 1.29 is 14.3 Å². The maximum absolute atomic E-state index is 12.5. The number of carbonyl (C=O) groups is 1. The lowest BCUT2D eigenvalue weighted by atomic mass is 10.1. The van der Waals surface area contributed by atoms with Crippen molar-refractivity contribution in [3.05, 3.63) is 69.5 Å². The standard InChI is InChI=1S/C21H17ClN4O4/c1-29-15-5-7-19(30-2)16(10-15)17-6-8-21(28)26(25-17)12-20(27)24-18-9-14(22)4-3-13(18)11-23/h3-10H,12H2,1-2H3,(H,24,27). The molecule has 1 heterocycles. The van der Waals surface area contributed by atoms with E-state index < -0.39 is 11.5 Å². The Morgan fingerprint density at radius 1 is 1.17 bits per heavy atom. The molecule has 3 rings (SSSR count). The number of methoxy groups -OCH3 is 2. The van der Waals surface area contributed by atoms with Crippen LogP contribution < -0.4 is 20.3 Å². The number of nitriles is 1. The molecule has 0 bridgehead atoms. The van der Waals surface area contributed by atoms with Crippen LogP contribution in [0.25, 0.3) is 11.3 Å². The number of ether oxygens (including phenoxy) is 2. The molecule has 0 aliphatic rings. The van der Waals surface area contributed by atoms with Gasteiger partial charge in [0.25, 0.3) is 5.56 Å². The summed E-state index contributed by atoms with van der Waals surface area (Å²) in [6.07, 6.45) is 0. The van der Waals surface area contributed by atoms with Gasteiger partial charge < -0.3 is 14.8 Å². The monoisotopic (exact) mass is 424 g/mol. The predicted molar refractivity (Wildman–Crippen MR) is 112 cm³/mol. The van der Waals surface area contributed by atoms with Gasteiger partial charge in [0.15, 0.2) is 0 Å². The van der Waals surface area contributed by atoms with Gasteiger partial charge in [-0.05, 0) is 42.5 Å². The third-order valence-corrected chi connectivity index (χ3v) is 4.45. The van der Waals surface area contributed by atoms with Gasteiger partial charge in [0.1, 0.15) is 24.1 Å². The Balaban J connectivity index is 1.90. The molecule has 0 atom stereocenters. The highest BCUT2D eigenvalue weighted by molar-refractivity contribution is 6.31. The van der Waals surface area contributed by atoms with E-state index in [1.165, 1.54) is 32.4 Å². The second kappa shape index (κ2) is 9.11. The van der Waals surface area contributed by atoms with Crippen molar-refractivity contribution >= 4 is 23.2 Å². The van der Waals surface area contributed by atoms with E-state index in [9.17, 15) is 14.9 Å². The van der Waals surface area contributed by atoms with Crippen LogP contribution in [0.1, 0.15) is 5.56 Å².